The third kappa shape index (κ3) is 2.54. The fraction of sp³-hybridized carbons (Fsp3) is 0.429. The molecule has 0 unspecified atom stereocenters. The van der Waals surface area contributed by atoms with Crippen LogP contribution in [-0.4, -0.2) is 38.8 Å². The summed E-state index contributed by atoms with van der Waals surface area (Å²) in [5.41, 5.74) is 1.46. The van der Waals surface area contributed by atoms with Crippen molar-refractivity contribution in [2.75, 3.05) is 11.4 Å². The van der Waals surface area contributed by atoms with Crippen LogP contribution in [0, 0.1) is 0 Å². The number of carboxylic acids is 1. The molecule has 0 atom stereocenters. The Morgan fingerprint density at radius 3 is 2.60 bits per heavy atom. The monoisotopic (exact) mass is 272 g/mol. The maximum absolute atomic E-state index is 11.1. The maximum atomic E-state index is 11.1. The molecule has 1 saturated carbocycles. The quantitative estimate of drug-likeness (QED) is 0.915. The number of fused-ring (bicyclic) bond motifs is 1. The molecule has 6 heteroatoms. The van der Waals surface area contributed by atoms with Gasteiger partial charge in [-0.2, -0.15) is 0 Å². The highest BCUT2D eigenvalue weighted by Gasteiger charge is 2.26. The van der Waals surface area contributed by atoms with Crippen molar-refractivity contribution in [1.29, 1.82) is 0 Å². The Morgan fingerprint density at radius 2 is 1.90 bits per heavy atom. The minimum Gasteiger partial charge on any atom is -0.480 e. The van der Waals surface area contributed by atoms with Gasteiger partial charge in [0.05, 0.1) is 5.52 Å². The first kappa shape index (κ1) is 12.8. The highest BCUT2D eigenvalue weighted by atomic mass is 16.4. The van der Waals surface area contributed by atoms with Crippen molar-refractivity contribution in [3.05, 3.63) is 24.3 Å². The number of aliphatic carboxylic acids is 1. The van der Waals surface area contributed by atoms with Crippen LogP contribution >= 0.6 is 0 Å². The molecule has 104 valence electrons. The van der Waals surface area contributed by atoms with Crippen LogP contribution in [0.4, 0.5) is 5.95 Å². The molecule has 0 radical (unpaired) electrons. The van der Waals surface area contributed by atoms with Gasteiger partial charge < -0.3 is 10.0 Å². The molecule has 1 aliphatic rings. The molecule has 0 spiro atoms. The van der Waals surface area contributed by atoms with Crippen LogP contribution < -0.4 is 4.90 Å². The number of rotatable bonds is 4. The Hall–Kier alpha value is -2.24. The van der Waals surface area contributed by atoms with E-state index in [4.69, 9.17) is 5.11 Å². The van der Waals surface area contributed by atoms with E-state index in [0.29, 0.717) is 5.95 Å². The second-order valence-electron chi connectivity index (χ2n) is 5.06. The second-order valence-corrected chi connectivity index (χ2v) is 5.06. The summed E-state index contributed by atoms with van der Waals surface area (Å²) < 4.78 is 0. The number of hydrogen-bond acceptors (Lipinski definition) is 5. The largest absolute Gasteiger partial charge is 0.480 e. The molecule has 1 fully saturated rings. The number of nitrogens with zero attached hydrogens (tertiary/aromatic N) is 4. The van der Waals surface area contributed by atoms with Crippen LogP contribution in [0.25, 0.3) is 11.0 Å². The van der Waals surface area contributed by atoms with E-state index in [9.17, 15) is 4.79 Å². The zero-order valence-electron chi connectivity index (χ0n) is 11.1. The normalized spacial score (nSPS) is 15.6. The minimum atomic E-state index is -0.867. The van der Waals surface area contributed by atoms with Crippen LogP contribution in [0.1, 0.15) is 25.7 Å². The molecule has 2 aromatic rings. The van der Waals surface area contributed by atoms with Crippen molar-refractivity contribution in [1.82, 2.24) is 15.2 Å². The van der Waals surface area contributed by atoms with Crippen molar-refractivity contribution in [2.24, 2.45) is 0 Å². The van der Waals surface area contributed by atoms with Crippen molar-refractivity contribution in [2.45, 2.75) is 31.7 Å². The number of hydrogen-bond donors (Lipinski definition) is 1. The van der Waals surface area contributed by atoms with Gasteiger partial charge in [0.2, 0.25) is 5.95 Å². The van der Waals surface area contributed by atoms with Gasteiger partial charge in [-0.05, 0) is 25.0 Å². The van der Waals surface area contributed by atoms with Crippen molar-refractivity contribution >= 4 is 23.0 Å². The lowest BCUT2D eigenvalue weighted by atomic mass is 10.2. The van der Waals surface area contributed by atoms with Crippen LogP contribution in [-0.2, 0) is 4.79 Å². The zero-order valence-corrected chi connectivity index (χ0v) is 11.1. The van der Waals surface area contributed by atoms with Crippen LogP contribution in [0.15, 0.2) is 24.3 Å². The van der Waals surface area contributed by atoms with E-state index in [1.54, 1.807) is 4.90 Å². The lowest BCUT2D eigenvalue weighted by molar-refractivity contribution is -0.135. The molecule has 1 aromatic carbocycles. The van der Waals surface area contributed by atoms with Crippen molar-refractivity contribution in [3.63, 3.8) is 0 Å². The maximum Gasteiger partial charge on any atom is 0.323 e. The molecular weight excluding hydrogens is 256 g/mol. The first-order valence-corrected chi connectivity index (χ1v) is 6.82. The van der Waals surface area contributed by atoms with E-state index >= 15 is 0 Å². The number of aromatic nitrogens is 3. The molecule has 6 nitrogen and oxygen atoms in total. The zero-order chi connectivity index (χ0) is 13.9. The van der Waals surface area contributed by atoms with E-state index in [1.165, 1.54) is 0 Å². The molecular formula is C14H16N4O2. The Kier molecular flexibility index (Phi) is 3.45. The molecule has 0 saturated heterocycles. The first-order valence-electron chi connectivity index (χ1n) is 6.82. The Balaban J connectivity index is 1.96. The summed E-state index contributed by atoms with van der Waals surface area (Å²) in [6, 6.07) is 7.67. The Bertz CT molecular complexity index is 625. The lowest BCUT2D eigenvalue weighted by Crippen LogP contribution is -2.39. The van der Waals surface area contributed by atoms with Gasteiger partial charge in [-0.1, -0.05) is 25.0 Å². The summed E-state index contributed by atoms with van der Waals surface area (Å²) in [5, 5.41) is 17.3. The van der Waals surface area contributed by atoms with Gasteiger partial charge in [0.1, 0.15) is 12.1 Å². The van der Waals surface area contributed by atoms with E-state index in [1.807, 2.05) is 24.3 Å². The van der Waals surface area contributed by atoms with E-state index < -0.39 is 5.97 Å². The van der Waals surface area contributed by atoms with Gasteiger partial charge in [-0.25, -0.2) is 4.98 Å². The van der Waals surface area contributed by atoms with Gasteiger partial charge in [0.25, 0.3) is 0 Å². The van der Waals surface area contributed by atoms with Crippen molar-refractivity contribution in [3.8, 4) is 0 Å². The molecule has 1 N–H and O–H groups in total. The lowest BCUT2D eigenvalue weighted by Gasteiger charge is -2.26. The summed E-state index contributed by atoms with van der Waals surface area (Å²) in [5.74, 6) is -0.452. The van der Waals surface area contributed by atoms with Crippen LogP contribution in [0.5, 0.6) is 0 Å². The number of benzene rings is 1. The number of para-hydroxylation sites is 1. The van der Waals surface area contributed by atoms with Crippen molar-refractivity contribution < 1.29 is 9.90 Å². The predicted octanol–water partition coefficient (Wildman–Crippen LogP) is 1.86. The second kappa shape index (κ2) is 5.40. The highest BCUT2D eigenvalue weighted by molar-refractivity contribution is 5.76. The fourth-order valence-corrected chi connectivity index (χ4v) is 2.72. The van der Waals surface area contributed by atoms with E-state index in [2.05, 4.69) is 15.2 Å². The summed E-state index contributed by atoms with van der Waals surface area (Å²) >= 11 is 0. The molecule has 3 rings (SSSR count). The van der Waals surface area contributed by atoms with Gasteiger partial charge >= 0.3 is 5.97 Å². The van der Waals surface area contributed by atoms with Gasteiger partial charge in [0.15, 0.2) is 0 Å². The average molecular weight is 272 g/mol. The molecule has 1 heterocycles. The standard InChI is InChI=1S/C14H16N4O2/c19-13(20)9-18(10-5-1-2-6-10)14-15-11-7-3-4-8-12(11)16-17-14/h3-4,7-8,10H,1-2,5-6,9H2,(H,19,20). The van der Waals surface area contributed by atoms with Crippen LogP contribution in [0.2, 0.25) is 0 Å². The topological polar surface area (TPSA) is 79.2 Å². The number of anilines is 1. The van der Waals surface area contributed by atoms with Gasteiger partial charge in [-0.15, -0.1) is 10.2 Å². The number of carboxylic acid groups (broad SMARTS) is 1. The molecule has 1 aromatic heterocycles. The van der Waals surface area contributed by atoms with E-state index in [0.717, 1.165) is 36.7 Å². The molecule has 0 aliphatic heterocycles. The smallest absolute Gasteiger partial charge is 0.323 e. The van der Waals surface area contributed by atoms with Crippen LogP contribution in [0.3, 0.4) is 0 Å². The minimum absolute atomic E-state index is 0.0787. The summed E-state index contributed by atoms with van der Waals surface area (Å²) in [4.78, 5) is 17.3. The predicted molar refractivity (Wildman–Crippen MR) is 74.6 cm³/mol. The number of carbonyl (C=O) groups is 1. The summed E-state index contributed by atoms with van der Waals surface area (Å²) in [6.07, 6.45) is 4.23. The Labute approximate surface area is 116 Å². The third-order valence-corrected chi connectivity index (χ3v) is 3.68. The molecule has 1 aliphatic carbocycles. The van der Waals surface area contributed by atoms with E-state index in [-0.39, 0.29) is 12.6 Å². The fourth-order valence-electron chi connectivity index (χ4n) is 2.72. The molecule has 0 bridgehead atoms. The SMILES string of the molecule is O=C(O)CN(c1nnc2ccccc2n1)C1CCCC1. The summed E-state index contributed by atoms with van der Waals surface area (Å²) in [6.45, 7) is -0.0787. The average Bonchev–Trinajstić information content (AvgIpc) is 2.98. The summed E-state index contributed by atoms with van der Waals surface area (Å²) in [7, 11) is 0. The third-order valence-electron chi connectivity index (χ3n) is 3.68. The van der Waals surface area contributed by atoms with Gasteiger partial charge in [-0.3, -0.25) is 4.79 Å². The Morgan fingerprint density at radius 1 is 1.20 bits per heavy atom. The highest BCUT2D eigenvalue weighted by Crippen LogP contribution is 2.26. The molecule has 0 amide bonds. The van der Waals surface area contributed by atoms with Gasteiger partial charge in [0, 0.05) is 6.04 Å². The molecule has 20 heavy (non-hydrogen) atoms. The first-order chi connectivity index (χ1) is 9.74.